The Morgan fingerprint density at radius 2 is 2.09 bits per heavy atom. The largest absolute Gasteiger partial charge is 0.462 e. The lowest BCUT2D eigenvalue weighted by Gasteiger charge is -2.32. The second-order valence-corrected chi connectivity index (χ2v) is 8.50. The molecule has 1 aromatic carbocycles. The average Bonchev–Trinajstić information content (AvgIpc) is 2.81. The lowest BCUT2D eigenvalue weighted by molar-refractivity contribution is -0.138. The van der Waals surface area contributed by atoms with Gasteiger partial charge in [-0.25, -0.2) is 9.78 Å². The molecular weight excluding hydrogens is 463 g/mol. The number of aromatic nitrogens is 2. The number of ether oxygens (including phenoxy) is 2. The molecule has 1 saturated heterocycles. The minimum absolute atomic E-state index is 0.00356. The van der Waals surface area contributed by atoms with Crippen LogP contribution in [0, 0.1) is 6.92 Å². The fraction of sp³-hybridized carbons (Fsp3) is 0.400. The topological polar surface area (TPSA) is 73.7 Å². The fourth-order valence-corrected chi connectivity index (χ4v) is 4.30. The summed E-state index contributed by atoms with van der Waals surface area (Å²) in [5, 5.41) is 0. The first-order chi connectivity index (χ1) is 16.6. The predicted molar refractivity (Wildman–Crippen MR) is 125 cm³/mol. The average molecular weight is 489 g/mol. The Morgan fingerprint density at radius 3 is 2.77 bits per heavy atom. The summed E-state index contributed by atoms with van der Waals surface area (Å²) in [6.45, 7) is 6.87. The van der Waals surface area contributed by atoms with Gasteiger partial charge in [-0.1, -0.05) is 12.1 Å². The number of carbonyl (C=O) groups is 1. The number of carbonyl (C=O) groups excluding carboxylic acids is 1. The summed E-state index contributed by atoms with van der Waals surface area (Å²) in [6.07, 6.45) is -1.57. The van der Waals surface area contributed by atoms with Gasteiger partial charge in [-0.2, -0.15) is 13.2 Å². The van der Waals surface area contributed by atoms with Crippen LogP contribution in [-0.2, 0) is 22.2 Å². The number of pyridine rings is 2. The maximum Gasteiger partial charge on any atom is 0.416 e. The minimum atomic E-state index is -4.50. The zero-order valence-corrected chi connectivity index (χ0v) is 19.7. The SMILES string of the molecule is CCOC(=O)c1cn(Cc2cccc(C(F)(F)F)c2C)c2cc(N3CCO[C@H](C)C3)cnc2c1=O. The highest BCUT2D eigenvalue weighted by Gasteiger charge is 2.33. The van der Waals surface area contributed by atoms with Crippen LogP contribution in [0.3, 0.4) is 0 Å². The fourth-order valence-electron chi connectivity index (χ4n) is 4.30. The van der Waals surface area contributed by atoms with Crippen LogP contribution in [-0.4, -0.2) is 47.9 Å². The van der Waals surface area contributed by atoms with E-state index >= 15 is 0 Å². The summed E-state index contributed by atoms with van der Waals surface area (Å²) >= 11 is 0. The number of nitrogens with zero attached hydrogens (tertiary/aromatic N) is 3. The number of halogens is 3. The number of fused-ring (bicyclic) bond motifs is 1. The van der Waals surface area contributed by atoms with Gasteiger partial charge in [0.15, 0.2) is 0 Å². The van der Waals surface area contributed by atoms with E-state index < -0.39 is 23.1 Å². The highest BCUT2D eigenvalue weighted by atomic mass is 19.4. The van der Waals surface area contributed by atoms with E-state index in [0.717, 1.165) is 11.8 Å². The lowest BCUT2D eigenvalue weighted by atomic mass is 10.0. The summed E-state index contributed by atoms with van der Waals surface area (Å²) in [4.78, 5) is 32.0. The number of anilines is 1. The van der Waals surface area contributed by atoms with Crippen molar-refractivity contribution in [3.05, 3.63) is 69.1 Å². The van der Waals surface area contributed by atoms with Crippen LogP contribution in [0.4, 0.5) is 18.9 Å². The molecule has 3 aromatic rings. The van der Waals surface area contributed by atoms with Crippen molar-refractivity contribution in [1.29, 1.82) is 0 Å². The van der Waals surface area contributed by atoms with Gasteiger partial charge in [-0.15, -0.1) is 0 Å². The molecule has 0 saturated carbocycles. The van der Waals surface area contributed by atoms with E-state index in [2.05, 4.69) is 9.88 Å². The third kappa shape index (κ3) is 5.02. The van der Waals surface area contributed by atoms with Crippen molar-refractivity contribution < 1.29 is 27.4 Å². The summed E-state index contributed by atoms with van der Waals surface area (Å²) < 4.78 is 52.7. The second kappa shape index (κ2) is 9.69. The lowest BCUT2D eigenvalue weighted by Crippen LogP contribution is -2.41. The van der Waals surface area contributed by atoms with Crippen molar-refractivity contribution in [3.8, 4) is 0 Å². The summed E-state index contributed by atoms with van der Waals surface area (Å²) in [6, 6.07) is 5.76. The molecule has 1 aliphatic rings. The Kier molecular flexibility index (Phi) is 6.84. The van der Waals surface area contributed by atoms with Crippen LogP contribution in [0.15, 0.2) is 41.5 Å². The Labute approximate surface area is 200 Å². The summed E-state index contributed by atoms with van der Waals surface area (Å²) in [7, 11) is 0. The van der Waals surface area contributed by atoms with Crippen molar-refractivity contribution in [1.82, 2.24) is 9.55 Å². The summed E-state index contributed by atoms with van der Waals surface area (Å²) in [5.41, 5.74) is 0.168. The molecule has 2 aromatic heterocycles. The highest BCUT2D eigenvalue weighted by molar-refractivity contribution is 5.93. The second-order valence-electron chi connectivity index (χ2n) is 8.50. The van der Waals surface area contributed by atoms with Crippen LogP contribution in [0.5, 0.6) is 0 Å². The van der Waals surface area contributed by atoms with Gasteiger partial charge in [0.05, 0.1) is 42.3 Å². The molecule has 0 unspecified atom stereocenters. The van der Waals surface area contributed by atoms with Gasteiger partial charge >= 0.3 is 12.1 Å². The van der Waals surface area contributed by atoms with E-state index in [4.69, 9.17) is 9.47 Å². The zero-order chi connectivity index (χ0) is 25.3. The van der Waals surface area contributed by atoms with Crippen LogP contribution in [0.25, 0.3) is 11.0 Å². The van der Waals surface area contributed by atoms with Crippen LogP contribution < -0.4 is 10.3 Å². The number of hydrogen-bond acceptors (Lipinski definition) is 6. The molecule has 35 heavy (non-hydrogen) atoms. The first-order valence-electron chi connectivity index (χ1n) is 11.3. The van der Waals surface area contributed by atoms with E-state index in [1.54, 1.807) is 29.8 Å². The first kappa shape index (κ1) is 24.7. The Morgan fingerprint density at radius 1 is 1.31 bits per heavy atom. The molecule has 1 aliphatic heterocycles. The molecule has 1 fully saturated rings. The number of rotatable bonds is 5. The molecule has 7 nitrogen and oxygen atoms in total. The van der Waals surface area contributed by atoms with Crippen molar-refractivity contribution in [2.75, 3.05) is 31.2 Å². The van der Waals surface area contributed by atoms with E-state index in [9.17, 15) is 22.8 Å². The molecule has 0 N–H and O–H groups in total. The maximum atomic E-state index is 13.5. The highest BCUT2D eigenvalue weighted by Crippen LogP contribution is 2.33. The van der Waals surface area contributed by atoms with Gasteiger partial charge in [0, 0.05) is 25.8 Å². The van der Waals surface area contributed by atoms with Crippen molar-refractivity contribution in [2.45, 2.75) is 39.6 Å². The van der Waals surface area contributed by atoms with Gasteiger partial charge in [-0.05, 0) is 44.0 Å². The van der Waals surface area contributed by atoms with Gasteiger partial charge in [0.1, 0.15) is 11.1 Å². The molecule has 0 spiro atoms. The number of hydrogen-bond donors (Lipinski definition) is 0. The monoisotopic (exact) mass is 489 g/mol. The van der Waals surface area contributed by atoms with E-state index in [-0.39, 0.29) is 35.9 Å². The van der Waals surface area contributed by atoms with Crippen LogP contribution in [0.2, 0.25) is 0 Å². The van der Waals surface area contributed by atoms with Crippen molar-refractivity contribution >= 4 is 22.7 Å². The van der Waals surface area contributed by atoms with Gasteiger partial charge < -0.3 is 18.9 Å². The Bertz CT molecular complexity index is 1320. The third-order valence-electron chi connectivity index (χ3n) is 6.10. The Balaban J connectivity index is 1.88. The number of esters is 1. The minimum Gasteiger partial charge on any atom is -0.462 e. The number of alkyl halides is 3. The van der Waals surface area contributed by atoms with E-state index in [1.807, 2.05) is 6.92 Å². The maximum absolute atomic E-state index is 13.5. The van der Waals surface area contributed by atoms with Crippen LogP contribution >= 0.6 is 0 Å². The number of morpholine rings is 1. The smallest absolute Gasteiger partial charge is 0.416 e. The third-order valence-corrected chi connectivity index (χ3v) is 6.10. The normalized spacial score (nSPS) is 16.5. The Hall–Kier alpha value is -3.40. The predicted octanol–water partition coefficient (Wildman–Crippen LogP) is 4.17. The molecular formula is C25H26F3N3O4. The van der Waals surface area contributed by atoms with Gasteiger partial charge in [0.25, 0.3) is 0 Å². The van der Waals surface area contributed by atoms with E-state index in [1.165, 1.54) is 19.2 Å². The van der Waals surface area contributed by atoms with Gasteiger partial charge in [0.2, 0.25) is 5.43 Å². The molecule has 10 heteroatoms. The first-order valence-corrected chi connectivity index (χ1v) is 11.3. The molecule has 0 radical (unpaired) electrons. The van der Waals surface area contributed by atoms with Crippen LogP contribution in [0.1, 0.15) is 40.9 Å². The molecule has 0 bridgehead atoms. The molecule has 3 heterocycles. The quantitative estimate of drug-likeness (QED) is 0.501. The van der Waals surface area contributed by atoms with Crippen molar-refractivity contribution in [3.63, 3.8) is 0 Å². The molecule has 1 atom stereocenters. The summed E-state index contributed by atoms with van der Waals surface area (Å²) in [5.74, 6) is -0.804. The molecule has 0 aliphatic carbocycles. The van der Waals surface area contributed by atoms with Gasteiger partial charge in [-0.3, -0.25) is 4.79 Å². The zero-order valence-electron chi connectivity index (χ0n) is 19.7. The standard InChI is InChI=1S/C25H26F3N3O4/c1-4-34-24(33)19-14-31(13-17-6-5-7-20(16(17)3)25(26,27)28)21-10-18(11-29-22(21)23(19)32)30-8-9-35-15(2)12-30/h5-7,10-11,14-15H,4,8-9,12-13H2,1-3H3/t15-/m1/s1. The van der Waals surface area contributed by atoms with E-state index in [0.29, 0.717) is 30.8 Å². The molecule has 186 valence electrons. The molecule has 0 amide bonds. The van der Waals surface area contributed by atoms with Crippen molar-refractivity contribution in [2.24, 2.45) is 0 Å². The number of benzene rings is 1. The molecule has 4 rings (SSSR count).